The highest BCUT2D eigenvalue weighted by molar-refractivity contribution is 5.89. The van der Waals surface area contributed by atoms with Gasteiger partial charge in [-0.2, -0.15) is 0 Å². The number of ether oxygens (including phenoxy) is 3. The van der Waals surface area contributed by atoms with E-state index in [2.05, 4.69) is 12.1 Å². The Bertz CT molecular complexity index is 780. The highest BCUT2D eigenvalue weighted by Gasteiger charge is 2.39. The highest BCUT2D eigenvalue weighted by atomic mass is 16.5. The Labute approximate surface area is 160 Å². The summed E-state index contributed by atoms with van der Waals surface area (Å²) in [5, 5.41) is 0. The molecule has 2 aromatic rings. The molecule has 0 aliphatic heterocycles. The first-order valence-electron chi connectivity index (χ1n) is 9.81. The van der Waals surface area contributed by atoms with Crippen LogP contribution in [-0.4, -0.2) is 25.8 Å². The lowest BCUT2D eigenvalue weighted by Crippen LogP contribution is -2.11. The third-order valence-electron chi connectivity index (χ3n) is 5.57. The molecule has 4 heteroatoms. The fourth-order valence-electron chi connectivity index (χ4n) is 3.88. The topological polar surface area (TPSA) is 44.8 Å². The van der Waals surface area contributed by atoms with Crippen LogP contribution in [0.25, 0.3) is 0 Å². The van der Waals surface area contributed by atoms with Crippen LogP contribution in [0.5, 0.6) is 11.5 Å². The van der Waals surface area contributed by atoms with E-state index in [0.29, 0.717) is 30.1 Å². The van der Waals surface area contributed by atoms with Crippen molar-refractivity contribution >= 4 is 5.97 Å². The van der Waals surface area contributed by atoms with Crippen molar-refractivity contribution < 1.29 is 19.0 Å². The van der Waals surface area contributed by atoms with Crippen molar-refractivity contribution in [3.05, 3.63) is 59.7 Å². The maximum absolute atomic E-state index is 12.1. The molecule has 4 nitrogen and oxygen atoms in total. The Morgan fingerprint density at radius 1 is 1.04 bits per heavy atom. The van der Waals surface area contributed by atoms with Crippen LogP contribution in [-0.2, 0) is 4.74 Å². The van der Waals surface area contributed by atoms with Crippen molar-refractivity contribution in [3.63, 3.8) is 0 Å². The number of rotatable bonds is 7. The molecule has 0 heterocycles. The quantitative estimate of drug-likeness (QED) is 0.649. The largest absolute Gasteiger partial charge is 0.493 e. The summed E-state index contributed by atoms with van der Waals surface area (Å²) in [5.74, 6) is 2.18. The lowest BCUT2D eigenvalue weighted by Gasteiger charge is -2.17. The zero-order chi connectivity index (χ0) is 18.6. The third-order valence-corrected chi connectivity index (χ3v) is 5.57. The average molecular weight is 366 g/mol. The number of methoxy groups -OCH3 is 1. The maximum atomic E-state index is 12.1. The van der Waals surface area contributed by atoms with Gasteiger partial charge in [0.2, 0.25) is 0 Å². The van der Waals surface area contributed by atoms with Crippen LogP contribution in [0.3, 0.4) is 0 Å². The summed E-state index contributed by atoms with van der Waals surface area (Å²) in [6, 6.07) is 15.4. The van der Waals surface area contributed by atoms with Crippen molar-refractivity contribution in [3.8, 4) is 11.5 Å². The predicted octanol–water partition coefficient (Wildman–Crippen LogP) is 4.98. The molecule has 0 bridgehead atoms. The highest BCUT2D eigenvalue weighted by Crippen LogP contribution is 2.49. The van der Waals surface area contributed by atoms with E-state index in [9.17, 15) is 4.79 Å². The van der Waals surface area contributed by atoms with Crippen LogP contribution in [0.4, 0.5) is 0 Å². The molecule has 4 rings (SSSR count). The molecule has 2 atom stereocenters. The summed E-state index contributed by atoms with van der Waals surface area (Å²) in [4.78, 5) is 12.1. The van der Waals surface area contributed by atoms with Gasteiger partial charge in [0.05, 0.1) is 25.4 Å². The van der Waals surface area contributed by atoms with Gasteiger partial charge in [0.1, 0.15) is 0 Å². The van der Waals surface area contributed by atoms with Crippen LogP contribution in [0, 0.1) is 5.92 Å². The summed E-state index contributed by atoms with van der Waals surface area (Å²) in [7, 11) is 1.68. The Morgan fingerprint density at radius 3 is 2.56 bits per heavy atom. The first-order valence-corrected chi connectivity index (χ1v) is 9.81. The number of carbonyl (C=O) groups is 1. The second-order valence-corrected chi connectivity index (χ2v) is 7.50. The van der Waals surface area contributed by atoms with E-state index in [1.165, 1.54) is 18.4 Å². The zero-order valence-electron chi connectivity index (χ0n) is 15.7. The van der Waals surface area contributed by atoms with Gasteiger partial charge in [0.15, 0.2) is 11.5 Å². The van der Waals surface area contributed by atoms with Crippen molar-refractivity contribution in [2.75, 3.05) is 13.7 Å². The van der Waals surface area contributed by atoms with E-state index in [-0.39, 0.29) is 5.97 Å². The standard InChI is InChI=1S/C23H26O4/c1-25-21-12-11-17(14-22(21)27-19-9-5-6-10-19)20-13-18(20)15-26-23(24)16-7-3-2-4-8-16/h2-4,7-8,11-12,14,18-20H,5-6,9-10,13,15H2,1H3/t18-,20-/m0/s1. The van der Waals surface area contributed by atoms with Gasteiger partial charge in [-0.25, -0.2) is 4.79 Å². The molecular weight excluding hydrogens is 340 g/mol. The molecule has 0 unspecified atom stereocenters. The molecule has 0 radical (unpaired) electrons. The van der Waals surface area contributed by atoms with Crippen molar-refractivity contribution in [2.45, 2.75) is 44.1 Å². The molecule has 0 aromatic heterocycles. The number of esters is 1. The number of benzene rings is 2. The molecular formula is C23H26O4. The fraction of sp³-hybridized carbons (Fsp3) is 0.435. The van der Waals surface area contributed by atoms with Gasteiger partial charge in [0, 0.05) is 5.92 Å². The molecule has 0 saturated heterocycles. The number of carbonyl (C=O) groups excluding carboxylic acids is 1. The zero-order valence-corrected chi connectivity index (χ0v) is 15.7. The monoisotopic (exact) mass is 366 g/mol. The number of hydrogen-bond acceptors (Lipinski definition) is 4. The molecule has 2 aliphatic rings. The Morgan fingerprint density at radius 2 is 1.81 bits per heavy atom. The molecule has 0 spiro atoms. The lowest BCUT2D eigenvalue weighted by molar-refractivity contribution is 0.0484. The molecule has 2 aromatic carbocycles. The van der Waals surface area contributed by atoms with E-state index in [4.69, 9.17) is 14.2 Å². The predicted molar refractivity (Wildman–Crippen MR) is 103 cm³/mol. The Kier molecular flexibility index (Phi) is 5.33. The van der Waals surface area contributed by atoms with E-state index in [0.717, 1.165) is 30.8 Å². The summed E-state index contributed by atoms with van der Waals surface area (Å²) >= 11 is 0. The van der Waals surface area contributed by atoms with E-state index in [1.807, 2.05) is 24.3 Å². The molecule has 2 fully saturated rings. The first kappa shape index (κ1) is 17.9. The van der Waals surface area contributed by atoms with Gasteiger partial charge in [-0.05, 0) is 67.9 Å². The molecule has 2 aliphatic carbocycles. The second-order valence-electron chi connectivity index (χ2n) is 7.50. The van der Waals surface area contributed by atoms with Gasteiger partial charge < -0.3 is 14.2 Å². The van der Waals surface area contributed by atoms with Gasteiger partial charge in [-0.15, -0.1) is 0 Å². The van der Waals surface area contributed by atoms with Crippen LogP contribution in [0.1, 0.15) is 53.9 Å². The van der Waals surface area contributed by atoms with Crippen LogP contribution < -0.4 is 9.47 Å². The van der Waals surface area contributed by atoms with Gasteiger partial charge in [-0.1, -0.05) is 24.3 Å². The smallest absolute Gasteiger partial charge is 0.338 e. The lowest BCUT2D eigenvalue weighted by atomic mass is 10.1. The van der Waals surface area contributed by atoms with Crippen molar-refractivity contribution in [1.82, 2.24) is 0 Å². The number of hydrogen-bond donors (Lipinski definition) is 0. The second kappa shape index (κ2) is 8.03. The van der Waals surface area contributed by atoms with Crippen LogP contribution in [0.2, 0.25) is 0 Å². The SMILES string of the molecule is COc1ccc([C@@H]2C[C@H]2COC(=O)c2ccccc2)cc1OC1CCCC1. The molecule has 2 saturated carbocycles. The minimum absolute atomic E-state index is 0.249. The normalized spacial score (nSPS) is 21.7. The van der Waals surface area contributed by atoms with Crippen LogP contribution in [0.15, 0.2) is 48.5 Å². The maximum Gasteiger partial charge on any atom is 0.338 e. The van der Waals surface area contributed by atoms with Gasteiger partial charge in [0.25, 0.3) is 0 Å². The van der Waals surface area contributed by atoms with Crippen molar-refractivity contribution in [2.24, 2.45) is 5.92 Å². The van der Waals surface area contributed by atoms with E-state index >= 15 is 0 Å². The molecule has 0 amide bonds. The summed E-state index contributed by atoms with van der Waals surface area (Å²) in [6.07, 6.45) is 6.06. The molecule has 27 heavy (non-hydrogen) atoms. The van der Waals surface area contributed by atoms with E-state index in [1.54, 1.807) is 19.2 Å². The Balaban J connectivity index is 1.36. The first-order chi connectivity index (χ1) is 13.2. The van der Waals surface area contributed by atoms with Gasteiger partial charge in [-0.3, -0.25) is 0 Å². The summed E-state index contributed by atoms with van der Waals surface area (Å²) in [5.41, 5.74) is 1.84. The molecule has 142 valence electrons. The van der Waals surface area contributed by atoms with Crippen molar-refractivity contribution in [1.29, 1.82) is 0 Å². The molecule has 0 N–H and O–H groups in total. The third kappa shape index (κ3) is 4.26. The van der Waals surface area contributed by atoms with Crippen LogP contribution >= 0.6 is 0 Å². The Hall–Kier alpha value is -2.49. The minimum Gasteiger partial charge on any atom is -0.493 e. The van der Waals surface area contributed by atoms with E-state index < -0.39 is 0 Å². The van der Waals surface area contributed by atoms with Gasteiger partial charge >= 0.3 is 5.97 Å². The summed E-state index contributed by atoms with van der Waals surface area (Å²) in [6.45, 7) is 0.462. The average Bonchev–Trinajstić information content (AvgIpc) is 3.31. The fourth-order valence-corrected chi connectivity index (χ4v) is 3.88. The minimum atomic E-state index is -0.249. The summed E-state index contributed by atoms with van der Waals surface area (Å²) < 4.78 is 17.2.